The van der Waals surface area contributed by atoms with E-state index in [1.54, 1.807) is 13.2 Å². The van der Waals surface area contributed by atoms with Gasteiger partial charge in [-0.1, -0.05) is 22.0 Å². The number of nitrogens with zero attached hydrogens (tertiary/aromatic N) is 1. The van der Waals surface area contributed by atoms with Crippen molar-refractivity contribution >= 4 is 21.8 Å². The molecule has 5 heteroatoms. The fourth-order valence-corrected chi connectivity index (χ4v) is 2.81. The van der Waals surface area contributed by atoms with Gasteiger partial charge in [-0.05, 0) is 32.0 Å². The summed E-state index contributed by atoms with van der Waals surface area (Å²) in [6.45, 7) is 5.21. The molecule has 1 aromatic carbocycles. The first-order valence-electron chi connectivity index (χ1n) is 6.62. The Bertz CT molecular complexity index is 490. The van der Waals surface area contributed by atoms with E-state index >= 15 is 0 Å². The summed E-state index contributed by atoms with van der Waals surface area (Å²) in [4.78, 5) is 14.5. The number of halogens is 1. The molecule has 0 bridgehead atoms. The van der Waals surface area contributed by atoms with Crippen LogP contribution in [0.3, 0.4) is 0 Å². The number of methoxy groups -OCH3 is 1. The lowest BCUT2D eigenvalue weighted by molar-refractivity contribution is -0.116. The third kappa shape index (κ3) is 3.52. The van der Waals surface area contributed by atoms with Crippen molar-refractivity contribution in [2.75, 3.05) is 25.5 Å². The average Bonchev–Trinajstić information content (AvgIpc) is 2.44. The van der Waals surface area contributed by atoms with Crippen LogP contribution in [0, 0.1) is 0 Å². The Morgan fingerprint density at radius 2 is 2.30 bits per heavy atom. The van der Waals surface area contributed by atoms with Gasteiger partial charge in [-0.25, -0.2) is 0 Å². The maximum absolute atomic E-state index is 12.6. The molecule has 1 fully saturated rings. The van der Waals surface area contributed by atoms with Crippen molar-refractivity contribution in [3.63, 3.8) is 0 Å². The molecule has 4 nitrogen and oxygen atoms in total. The van der Waals surface area contributed by atoms with Crippen LogP contribution >= 0.6 is 15.9 Å². The number of alkyl halides is 1. The number of carbonyl (C=O) groups excluding carboxylic acids is 1. The van der Waals surface area contributed by atoms with Gasteiger partial charge in [0.05, 0.1) is 18.8 Å². The minimum atomic E-state index is -0.328. The third-order valence-corrected chi connectivity index (χ3v) is 3.98. The van der Waals surface area contributed by atoms with E-state index in [2.05, 4.69) is 15.9 Å². The van der Waals surface area contributed by atoms with Gasteiger partial charge < -0.3 is 14.4 Å². The summed E-state index contributed by atoms with van der Waals surface area (Å²) in [5.74, 6) is 0.714. The summed E-state index contributed by atoms with van der Waals surface area (Å²) >= 11 is 3.44. The summed E-state index contributed by atoms with van der Waals surface area (Å²) in [7, 11) is 1.60. The summed E-state index contributed by atoms with van der Waals surface area (Å²) in [5, 5.41) is 0.721. The highest BCUT2D eigenvalue weighted by molar-refractivity contribution is 9.09. The Balaban J connectivity index is 2.18. The second kappa shape index (κ2) is 6.14. The molecule has 1 aliphatic heterocycles. The molecule has 1 heterocycles. The zero-order chi connectivity index (χ0) is 14.8. The normalized spacial score (nSPS) is 21.6. The lowest BCUT2D eigenvalue weighted by atomic mass is 10.0. The first-order valence-corrected chi connectivity index (χ1v) is 7.74. The number of rotatable bonds is 3. The SMILES string of the molecule is COc1cccc(C(=O)N2CC(CBr)OC(C)(C)C2)c1. The summed E-state index contributed by atoms with van der Waals surface area (Å²) in [6.07, 6.45) is 0.0216. The predicted molar refractivity (Wildman–Crippen MR) is 81.6 cm³/mol. The number of ether oxygens (including phenoxy) is 2. The maximum Gasteiger partial charge on any atom is 0.254 e. The van der Waals surface area contributed by atoms with Gasteiger partial charge in [0, 0.05) is 24.0 Å². The van der Waals surface area contributed by atoms with E-state index in [-0.39, 0.29) is 17.6 Å². The fraction of sp³-hybridized carbons (Fsp3) is 0.533. The van der Waals surface area contributed by atoms with Crippen LogP contribution in [0.5, 0.6) is 5.75 Å². The Hall–Kier alpha value is -1.07. The zero-order valence-corrected chi connectivity index (χ0v) is 13.6. The molecule has 0 spiro atoms. The standard InChI is InChI=1S/C15H20BrNO3/c1-15(2)10-17(9-13(8-16)20-15)14(18)11-5-4-6-12(7-11)19-3/h4-7,13H,8-10H2,1-3H3. The molecule has 110 valence electrons. The topological polar surface area (TPSA) is 38.8 Å². The molecule has 1 unspecified atom stereocenters. The van der Waals surface area contributed by atoms with Crippen LogP contribution in [0.4, 0.5) is 0 Å². The lowest BCUT2D eigenvalue weighted by Crippen LogP contribution is -2.55. The number of carbonyl (C=O) groups is 1. The van der Waals surface area contributed by atoms with Gasteiger partial charge in [-0.15, -0.1) is 0 Å². The van der Waals surface area contributed by atoms with Crippen molar-refractivity contribution in [2.24, 2.45) is 0 Å². The second-order valence-corrected chi connectivity index (χ2v) is 6.22. The van der Waals surface area contributed by atoms with Crippen LogP contribution in [0.2, 0.25) is 0 Å². The van der Waals surface area contributed by atoms with Crippen LogP contribution in [0.15, 0.2) is 24.3 Å². The first kappa shape index (κ1) is 15.3. The number of amides is 1. The quantitative estimate of drug-likeness (QED) is 0.793. The maximum atomic E-state index is 12.6. The van der Waals surface area contributed by atoms with Crippen molar-refractivity contribution in [2.45, 2.75) is 25.6 Å². The van der Waals surface area contributed by atoms with Crippen LogP contribution in [0.25, 0.3) is 0 Å². The van der Waals surface area contributed by atoms with Gasteiger partial charge in [0.15, 0.2) is 0 Å². The van der Waals surface area contributed by atoms with Crippen molar-refractivity contribution in [1.82, 2.24) is 4.90 Å². The van der Waals surface area contributed by atoms with E-state index in [1.807, 2.05) is 36.9 Å². The van der Waals surface area contributed by atoms with Gasteiger partial charge in [0.2, 0.25) is 0 Å². The van der Waals surface area contributed by atoms with E-state index in [1.165, 1.54) is 0 Å². The van der Waals surface area contributed by atoms with Gasteiger partial charge in [-0.3, -0.25) is 4.79 Å². The number of morpholine rings is 1. The van der Waals surface area contributed by atoms with E-state index in [0.29, 0.717) is 24.4 Å². The Labute approximate surface area is 128 Å². The molecule has 1 aromatic rings. The minimum Gasteiger partial charge on any atom is -0.497 e. The van der Waals surface area contributed by atoms with Crippen molar-refractivity contribution in [3.05, 3.63) is 29.8 Å². The molecule has 0 aliphatic carbocycles. The molecular weight excluding hydrogens is 322 g/mol. The Morgan fingerprint density at radius 3 is 2.95 bits per heavy atom. The second-order valence-electron chi connectivity index (χ2n) is 5.57. The zero-order valence-electron chi connectivity index (χ0n) is 12.1. The minimum absolute atomic E-state index is 0.0197. The molecule has 0 aromatic heterocycles. The van der Waals surface area contributed by atoms with Crippen LogP contribution in [-0.4, -0.2) is 48.0 Å². The predicted octanol–water partition coefficient (Wildman–Crippen LogP) is 2.71. The molecule has 20 heavy (non-hydrogen) atoms. The van der Waals surface area contributed by atoms with Gasteiger partial charge in [0.1, 0.15) is 5.75 Å². The lowest BCUT2D eigenvalue weighted by Gasteiger charge is -2.42. The molecular formula is C15H20BrNO3. The fourth-order valence-electron chi connectivity index (χ4n) is 2.47. The monoisotopic (exact) mass is 341 g/mol. The van der Waals surface area contributed by atoms with E-state index < -0.39 is 0 Å². The summed E-state index contributed by atoms with van der Waals surface area (Å²) in [5.41, 5.74) is 0.320. The van der Waals surface area contributed by atoms with E-state index in [0.717, 1.165) is 5.33 Å². The Morgan fingerprint density at radius 1 is 1.55 bits per heavy atom. The van der Waals surface area contributed by atoms with Gasteiger partial charge in [0.25, 0.3) is 5.91 Å². The Kier molecular flexibility index (Phi) is 4.70. The summed E-state index contributed by atoms with van der Waals surface area (Å²) < 4.78 is 11.1. The van der Waals surface area contributed by atoms with Gasteiger partial charge >= 0.3 is 0 Å². The van der Waals surface area contributed by atoms with E-state index in [9.17, 15) is 4.79 Å². The molecule has 1 aliphatic rings. The average molecular weight is 342 g/mol. The molecule has 1 saturated heterocycles. The number of hydrogen-bond donors (Lipinski definition) is 0. The highest BCUT2D eigenvalue weighted by Gasteiger charge is 2.35. The van der Waals surface area contributed by atoms with E-state index in [4.69, 9.17) is 9.47 Å². The third-order valence-electron chi connectivity index (χ3n) is 3.26. The molecule has 0 saturated carbocycles. The molecule has 1 atom stereocenters. The van der Waals surface area contributed by atoms with Gasteiger partial charge in [-0.2, -0.15) is 0 Å². The van der Waals surface area contributed by atoms with Crippen molar-refractivity contribution in [1.29, 1.82) is 0 Å². The highest BCUT2D eigenvalue weighted by Crippen LogP contribution is 2.24. The van der Waals surface area contributed by atoms with Crippen LogP contribution in [0.1, 0.15) is 24.2 Å². The highest BCUT2D eigenvalue weighted by atomic mass is 79.9. The smallest absolute Gasteiger partial charge is 0.254 e. The molecule has 2 rings (SSSR count). The molecule has 0 N–H and O–H groups in total. The van der Waals surface area contributed by atoms with Crippen LogP contribution in [-0.2, 0) is 4.74 Å². The molecule has 1 amide bonds. The first-order chi connectivity index (χ1) is 9.45. The van der Waals surface area contributed by atoms with Crippen molar-refractivity contribution < 1.29 is 14.3 Å². The van der Waals surface area contributed by atoms with Crippen LogP contribution < -0.4 is 4.74 Å². The summed E-state index contributed by atoms with van der Waals surface area (Å²) in [6, 6.07) is 7.26. The number of hydrogen-bond acceptors (Lipinski definition) is 3. The van der Waals surface area contributed by atoms with Crippen molar-refractivity contribution in [3.8, 4) is 5.75 Å². The molecule has 0 radical (unpaired) electrons. The largest absolute Gasteiger partial charge is 0.497 e. The number of benzene rings is 1.